The summed E-state index contributed by atoms with van der Waals surface area (Å²) in [5.41, 5.74) is 0.228. The summed E-state index contributed by atoms with van der Waals surface area (Å²) in [5.74, 6) is -3.28. The molecule has 15 heteroatoms. The lowest BCUT2D eigenvalue weighted by atomic mass is 9.85. The number of aliphatic hydroxyl groups is 6. The molecule has 2 heterocycles. The van der Waals surface area contributed by atoms with E-state index in [1.807, 2.05) is 0 Å². The molecule has 2 aromatic carbocycles. The quantitative estimate of drug-likeness (QED) is 0.161. The molecule has 228 valence electrons. The smallest absolute Gasteiger partial charge is 0.232 e. The molecule has 0 amide bonds. The fourth-order valence-electron chi connectivity index (χ4n) is 5.13. The van der Waals surface area contributed by atoms with Gasteiger partial charge >= 0.3 is 0 Å². The number of allylic oxidation sites excluding steroid dienone is 2. The number of hydrogen-bond acceptors (Lipinski definition) is 15. The van der Waals surface area contributed by atoms with Crippen molar-refractivity contribution >= 4 is 11.4 Å². The number of aliphatic hydroxyl groups excluding tert-OH is 6. The van der Waals surface area contributed by atoms with E-state index >= 15 is 0 Å². The van der Waals surface area contributed by atoms with Crippen LogP contribution in [-0.4, -0.2) is 125 Å². The van der Waals surface area contributed by atoms with Crippen LogP contribution in [0.2, 0.25) is 0 Å². The van der Waals surface area contributed by atoms with Crippen LogP contribution in [-0.2, 0) is 25.4 Å². The van der Waals surface area contributed by atoms with Gasteiger partial charge in [0.15, 0.2) is 29.7 Å². The van der Waals surface area contributed by atoms with Gasteiger partial charge < -0.3 is 70.0 Å². The molecule has 2 saturated heterocycles. The topological polar surface area (TPSA) is 256 Å². The number of fused-ring (bicyclic) bond motifs is 1. The van der Waals surface area contributed by atoms with Gasteiger partial charge in [-0.3, -0.25) is 4.79 Å². The predicted molar refractivity (Wildman–Crippen MR) is 136 cm³/mol. The molecule has 0 bridgehead atoms. The third-order valence-corrected chi connectivity index (χ3v) is 7.39. The molecule has 15 nitrogen and oxygen atoms in total. The minimum absolute atomic E-state index is 0.0869. The van der Waals surface area contributed by atoms with Gasteiger partial charge in [-0.25, -0.2) is 0 Å². The number of aromatic hydroxyl groups is 4. The number of ketones is 1. The van der Waals surface area contributed by atoms with Crippen molar-refractivity contribution in [3.63, 3.8) is 0 Å². The van der Waals surface area contributed by atoms with Crippen LogP contribution in [0, 0.1) is 0 Å². The normalized spacial score (nSPS) is 33.4. The summed E-state index contributed by atoms with van der Waals surface area (Å²) in [5, 5.41) is 102. The molecular formula is C27H30O15. The van der Waals surface area contributed by atoms with Crippen LogP contribution in [0.1, 0.15) is 21.5 Å². The summed E-state index contributed by atoms with van der Waals surface area (Å²) in [6, 6.07) is 5.84. The molecule has 0 saturated carbocycles. The van der Waals surface area contributed by atoms with Crippen LogP contribution in [0.25, 0.3) is 5.57 Å². The molecule has 0 radical (unpaired) electrons. The number of phenolic OH excluding ortho intramolecular Hbond substituents is 4. The zero-order chi connectivity index (χ0) is 30.5. The largest absolute Gasteiger partial charge is 0.508 e. The van der Waals surface area contributed by atoms with Crippen molar-refractivity contribution in [2.75, 3.05) is 13.2 Å². The molecular weight excluding hydrogens is 564 g/mol. The van der Waals surface area contributed by atoms with Crippen LogP contribution < -0.4 is 0 Å². The molecule has 9 atom stereocenters. The highest BCUT2D eigenvalue weighted by molar-refractivity contribution is 6.16. The standard InChI is InChI=1S/C27H30O15/c28-7-17-20(35)22(37)25(42-26-23(38)19(34)16(33)8-39-26)27(40-17)41-24-12(9-1-2-13(30)14(31)5-9)4-10-3-11(29)6-15(32)18(10)21(24)36/h1-3,5-6,16-17,19-20,22-23,25-35,37-38H,4,7-8H2/t16-,17-,19+,20-,22+,23-,25-,26+,27+/m1/s1. The van der Waals surface area contributed by atoms with E-state index in [2.05, 4.69) is 0 Å². The summed E-state index contributed by atoms with van der Waals surface area (Å²) in [6.45, 7) is -1.26. The number of ether oxygens (including phenoxy) is 4. The van der Waals surface area contributed by atoms with Crippen molar-refractivity contribution in [2.24, 2.45) is 0 Å². The van der Waals surface area contributed by atoms with Crippen LogP contribution in [0.15, 0.2) is 36.1 Å². The fourth-order valence-corrected chi connectivity index (χ4v) is 5.13. The zero-order valence-corrected chi connectivity index (χ0v) is 21.7. The number of benzene rings is 2. The lowest BCUT2D eigenvalue weighted by Gasteiger charge is -2.44. The fraction of sp³-hybridized carbons (Fsp3) is 0.444. The highest BCUT2D eigenvalue weighted by Crippen LogP contribution is 2.42. The van der Waals surface area contributed by atoms with Gasteiger partial charge in [0.25, 0.3) is 0 Å². The summed E-state index contributed by atoms with van der Waals surface area (Å²) in [4.78, 5) is 13.8. The maximum atomic E-state index is 13.8. The van der Waals surface area contributed by atoms with E-state index in [-0.39, 0.29) is 34.4 Å². The Morgan fingerprint density at radius 3 is 2.26 bits per heavy atom. The molecule has 3 aliphatic rings. The maximum Gasteiger partial charge on any atom is 0.232 e. The van der Waals surface area contributed by atoms with Gasteiger partial charge in [0.05, 0.1) is 18.8 Å². The highest BCUT2D eigenvalue weighted by Gasteiger charge is 2.50. The molecule has 0 unspecified atom stereocenters. The SMILES string of the molecule is O=C1C(O[C@@H]2O[C@H](CO)[C@@H](O)[C@H](O)[C@H]2O[C@@H]2OC[C@@H](O)[C@H](O)[C@H]2O)=C(c2ccc(O)c(O)c2)Cc2cc(O)cc(O)c21. The minimum atomic E-state index is -1.86. The molecule has 42 heavy (non-hydrogen) atoms. The Balaban J connectivity index is 1.57. The second kappa shape index (κ2) is 11.6. The zero-order valence-electron chi connectivity index (χ0n) is 21.7. The van der Waals surface area contributed by atoms with Crippen molar-refractivity contribution in [1.29, 1.82) is 0 Å². The number of Topliss-reactive ketones (excluding diaryl/α,β-unsaturated/α-hetero) is 1. The van der Waals surface area contributed by atoms with Crippen LogP contribution in [0.3, 0.4) is 0 Å². The van der Waals surface area contributed by atoms with E-state index in [0.717, 1.165) is 18.2 Å². The molecule has 2 fully saturated rings. The van der Waals surface area contributed by atoms with E-state index in [0.29, 0.717) is 0 Å². The van der Waals surface area contributed by atoms with Gasteiger partial charge in [-0.15, -0.1) is 0 Å². The van der Waals surface area contributed by atoms with Crippen LogP contribution >= 0.6 is 0 Å². The first-order valence-corrected chi connectivity index (χ1v) is 12.9. The summed E-state index contributed by atoms with van der Waals surface area (Å²) in [7, 11) is 0. The summed E-state index contributed by atoms with van der Waals surface area (Å²) < 4.78 is 22.5. The predicted octanol–water partition coefficient (Wildman–Crippen LogP) is -2.06. The molecule has 2 aliphatic heterocycles. The van der Waals surface area contributed by atoms with Crippen molar-refractivity contribution in [3.05, 3.63) is 52.8 Å². The van der Waals surface area contributed by atoms with E-state index in [1.165, 1.54) is 12.1 Å². The van der Waals surface area contributed by atoms with Gasteiger partial charge in [0, 0.05) is 18.1 Å². The lowest BCUT2D eigenvalue weighted by molar-refractivity contribution is -0.351. The van der Waals surface area contributed by atoms with Crippen molar-refractivity contribution in [2.45, 2.75) is 61.7 Å². The summed E-state index contributed by atoms with van der Waals surface area (Å²) in [6.07, 6.45) is -15.3. The van der Waals surface area contributed by atoms with E-state index in [1.54, 1.807) is 0 Å². The Bertz CT molecular complexity index is 1380. The third-order valence-electron chi connectivity index (χ3n) is 7.39. The number of carbonyl (C=O) groups excluding carboxylic acids is 1. The first kappa shape index (κ1) is 30.0. The first-order chi connectivity index (χ1) is 19.9. The van der Waals surface area contributed by atoms with Crippen LogP contribution in [0.4, 0.5) is 0 Å². The van der Waals surface area contributed by atoms with Crippen molar-refractivity contribution in [1.82, 2.24) is 0 Å². The van der Waals surface area contributed by atoms with E-state index in [9.17, 15) is 55.9 Å². The maximum absolute atomic E-state index is 13.8. The van der Waals surface area contributed by atoms with E-state index < -0.39 is 97.3 Å². The van der Waals surface area contributed by atoms with Gasteiger partial charge in [-0.2, -0.15) is 0 Å². The summed E-state index contributed by atoms with van der Waals surface area (Å²) >= 11 is 0. The van der Waals surface area contributed by atoms with Crippen LogP contribution in [0.5, 0.6) is 23.0 Å². The molecule has 0 spiro atoms. The molecule has 10 N–H and O–H groups in total. The molecule has 5 rings (SSSR count). The monoisotopic (exact) mass is 594 g/mol. The van der Waals surface area contributed by atoms with Gasteiger partial charge in [-0.1, -0.05) is 6.07 Å². The van der Waals surface area contributed by atoms with Gasteiger partial charge in [-0.05, 0) is 29.3 Å². The Labute approximate surface area is 237 Å². The first-order valence-electron chi connectivity index (χ1n) is 12.9. The Kier molecular flexibility index (Phi) is 8.30. The number of phenols is 4. The third kappa shape index (κ3) is 5.37. The molecule has 0 aromatic heterocycles. The average molecular weight is 595 g/mol. The Morgan fingerprint density at radius 2 is 1.57 bits per heavy atom. The highest BCUT2D eigenvalue weighted by atomic mass is 16.8. The molecule has 1 aliphatic carbocycles. The van der Waals surface area contributed by atoms with Crippen molar-refractivity contribution in [3.8, 4) is 23.0 Å². The van der Waals surface area contributed by atoms with Crippen molar-refractivity contribution < 1.29 is 74.8 Å². The van der Waals surface area contributed by atoms with E-state index in [4.69, 9.17) is 18.9 Å². The minimum Gasteiger partial charge on any atom is -0.508 e. The lowest BCUT2D eigenvalue weighted by Crippen LogP contribution is -2.63. The van der Waals surface area contributed by atoms with Gasteiger partial charge in [0.2, 0.25) is 12.1 Å². The second-order valence-corrected chi connectivity index (χ2v) is 10.2. The van der Waals surface area contributed by atoms with Gasteiger partial charge in [0.1, 0.15) is 48.1 Å². The number of carbonyl (C=O) groups is 1. The second-order valence-electron chi connectivity index (χ2n) is 10.2. The Morgan fingerprint density at radius 1 is 0.833 bits per heavy atom. The Hall–Kier alpha value is -3.51. The average Bonchev–Trinajstić information content (AvgIpc) is 2.94. The number of hydrogen-bond donors (Lipinski definition) is 10. The molecule has 2 aromatic rings. The number of rotatable bonds is 6.